The van der Waals surface area contributed by atoms with Crippen LogP contribution in [0.1, 0.15) is 6.92 Å². The SMILES string of the molecule is CC1CN(CCOc2cccc3ccccc23)c2ccc(N)cc2O1. The minimum Gasteiger partial charge on any atom is -0.491 e. The van der Waals surface area contributed by atoms with E-state index < -0.39 is 0 Å². The molecule has 128 valence electrons. The molecule has 0 aliphatic carbocycles. The molecule has 0 aromatic heterocycles. The van der Waals surface area contributed by atoms with E-state index in [1.54, 1.807) is 0 Å². The fraction of sp³-hybridized carbons (Fsp3) is 0.238. The maximum Gasteiger partial charge on any atom is 0.145 e. The van der Waals surface area contributed by atoms with E-state index in [4.69, 9.17) is 15.2 Å². The fourth-order valence-corrected chi connectivity index (χ4v) is 3.35. The summed E-state index contributed by atoms with van der Waals surface area (Å²) in [6, 6.07) is 20.3. The summed E-state index contributed by atoms with van der Waals surface area (Å²) < 4.78 is 12.0. The number of nitrogen functional groups attached to an aromatic ring is 1. The number of rotatable bonds is 4. The van der Waals surface area contributed by atoms with Gasteiger partial charge in [-0.1, -0.05) is 36.4 Å². The zero-order valence-electron chi connectivity index (χ0n) is 14.3. The van der Waals surface area contributed by atoms with E-state index in [0.29, 0.717) is 6.61 Å². The van der Waals surface area contributed by atoms with Gasteiger partial charge in [0.25, 0.3) is 0 Å². The number of fused-ring (bicyclic) bond motifs is 2. The molecule has 0 saturated heterocycles. The monoisotopic (exact) mass is 334 g/mol. The van der Waals surface area contributed by atoms with Gasteiger partial charge in [-0.25, -0.2) is 0 Å². The highest BCUT2D eigenvalue weighted by molar-refractivity contribution is 5.88. The van der Waals surface area contributed by atoms with Gasteiger partial charge in [0, 0.05) is 17.1 Å². The molecule has 0 fully saturated rings. The van der Waals surface area contributed by atoms with Gasteiger partial charge in [-0.3, -0.25) is 0 Å². The highest BCUT2D eigenvalue weighted by Gasteiger charge is 2.22. The van der Waals surface area contributed by atoms with Crippen LogP contribution in [0.4, 0.5) is 11.4 Å². The second-order valence-corrected chi connectivity index (χ2v) is 6.43. The van der Waals surface area contributed by atoms with Crippen LogP contribution in [0.25, 0.3) is 10.8 Å². The minimum atomic E-state index is 0.131. The molecular formula is C21H22N2O2. The molecular weight excluding hydrogens is 312 g/mol. The first kappa shape index (κ1) is 15.6. The van der Waals surface area contributed by atoms with Crippen LogP contribution in [0.3, 0.4) is 0 Å². The van der Waals surface area contributed by atoms with Gasteiger partial charge in [0.15, 0.2) is 0 Å². The standard InChI is InChI=1S/C21H22N2O2/c1-15-14-23(19-10-9-17(22)13-21(19)25-15)11-12-24-20-8-4-6-16-5-2-3-7-18(16)20/h2-10,13,15H,11-12,14,22H2,1H3. The van der Waals surface area contributed by atoms with Gasteiger partial charge in [-0.05, 0) is 30.5 Å². The number of ether oxygens (including phenoxy) is 2. The van der Waals surface area contributed by atoms with E-state index in [-0.39, 0.29) is 6.10 Å². The molecule has 0 spiro atoms. The van der Waals surface area contributed by atoms with Crippen LogP contribution >= 0.6 is 0 Å². The molecule has 1 atom stereocenters. The van der Waals surface area contributed by atoms with Crippen LogP contribution in [0.5, 0.6) is 11.5 Å². The lowest BCUT2D eigenvalue weighted by atomic mass is 10.1. The van der Waals surface area contributed by atoms with Crippen LogP contribution < -0.4 is 20.1 Å². The molecule has 4 heteroatoms. The maximum atomic E-state index is 6.09. The molecule has 0 radical (unpaired) electrons. The van der Waals surface area contributed by atoms with Crippen molar-refractivity contribution >= 4 is 22.1 Å². The van der Waals surface area contributed by atoms with Crippen molar-refractivity contribution in [1.29, 1.82) is 0 Å². The van der Waals surface area contributed by atoms with E-state index >= 15 is 0 Å². The van der Waals surface area contributed by atoms with Crippen molar-refractivity contribution in [2.24, 2.45) is 0 Å². The quantitative estimate of drug-likeness (QED) is 0.730. The van der Waals surface area contributed by atoms with Crippen LogP contribution in [-0.2, 0) is 0 Å². The van der Waals surface area contributed by atoms with Gasteiger partial charge in [0.1, 0.15) is 24.2 Å². The Morgan fingerprint density at radius 2 is 1.96 bits per heavy atom. The second-order valence-electron chi connectivity index (χ2n) is 6.43. The van der Waals surface area contributed by atoms with Crippen molar-refractivity contribution in [2.75, 3.05) is 30.3 Å². The number of hydrogen-bond donors (Lipinski definition) is 1. The van der Waals surface area contributed by atoms with Gasteiger partial charge in [-0.2, -0.15) is 0 Å². The lowest BCUT2D eigenvalue weighted by Gasteiger charge is -2.35. The number of hydrogen-bond acceptors (Lipinski definition) is 4. The summed E-state index contributed by atoms with van der Waals surface area (Å²) in [6.07, 6.45) is 0.131. The van der Waals surface area contributed by atoms with E-state index in [9.17, 15) is 0 Å². The Morgan fingerprint density at radius 1 is 1.12 bits per heavy atom. The molecule has 1 aliphatic heterocycles. The van der Waals surface area contributed by atoms with Crippen LogP contribution in [0.15, 0.2) is 60.7 Å². The van der Waals surface area contributed by atoms with Crippen molar-refractivity contribution in [3.63, 3.8) is 0 Å². The highest BCUT2D eigenvalue weighted by atomic mass is 16.5. The van der Waals surface area contributed by atoms with Gasteiger partial charge >= 0.3 is 0 Å². The second kappa shape index (κ2) is 6.55. The first-order valence-electron chi connectivity index (χ1n) is 8.62. The molecule has 4 rings (SSSR count). The van der Waals surface area contributed by atoms with Gasteiger partial charge in [-0.15, -0.1) is 0 Å². The Bertz CT molecular complexity index is 889. The van der Waals surface area contributed by atoms with E-state index in [0.717, 1.165) is 41.3 Å². The Kier molecular flexibility index (Phi) is 4.10. The Labute approximate surface area is 147 Å². The molecule has 0 saturated carbocycles. The van der Waals surface area contributed by atoms with Crippen molar-refractivity contribution in [3.8, 4) is 11.5 Å². The predicted molar refractivity (Wildman–Crippen MR) is 103 cm³/mol. The summed E-state index contributed by atoms with van der Waals surface area (Å²) in [5.74, 6) is 1.78. The van der Waals surface area contributed by atoms with Crippen molar-refractivity contribution < 1.29 is 9.47 Å². The first-order chi connectivity index (χ1) is 12.2. The highest BCUT2D eigenvalue weighted by Crippen LogP contribution is 2.35. The largest absolute Gasteiger partial charge is 0.491 e. The average molecular weight is 334 g/mol. The summed E-state index contributed by atoms with van der Waals surface area (Å²) in [6.45, 7) is 4.33. The third-order valence-corrected chi connectivity index (χ3v) is 4.50. The summed E-state index contributed by atoms with van der Waals surface area (Å²) in [4.78, 5) is 2.30. The smallest absolute Gasteiger partial charge is 0.145 e. The van der Waals surface area contributed by atoms with Gasteiger partial charge < -0.3 is 20.1 Å². The Balaban J connectivity index is 1.48. The number of anilines is 2. The van der Waals surface area contributed by atoms with E-state index in [1.165, 1.54) is 5.39 Å². The number of nitrogens with zero attached hydrogens (tertiary/aromatic N) is 1. The molecule has 1 heterocycles. The van der Waals surface area contributed by atoms with Crippen molar-refractivity contribution in [1.82, 2.24) is 0 Å². The summed E-state index contributed by atoms with van der Waals surface area (Å²) in [5, 5.41) is 2.34. The van der Waals surface area contributed by atoms with Gasteiger partial charge in [0.05, 0.1) is 18.8 Å². The zero-order valence-corrected chi connectivity index (χ0v) is 14.3. The number of benzene rings is 3. The number of nitrogens with two attached hydrogens (primary N) is 1. The fourth-order valence-electron chi connectivity index (χ4n) is 3.35. The van der Waals surface area contributed by atoms with Crippen LogP contribution in [0.2, 0.25) is 0 Å². The molecule has 25 heavy (non-hydrogen) atoms. The van der Waals surface area contributed by atoms with Crippen LogP contribution in [-0.4, -0.2) is 25.8 Å². The minimum absolute atomic E-state index is 0.131. The summed E-state index contributed by atoms with van der Waals surface area (Å²) in [5.41, 5.74) is 7.68. The summed E-state index contributed by atoms with van der Waals surface area (Å²) >= 11 is 0. The predicted octanol–water partition coefficient (Wildman–Crippen LogP) is 4.09. The maximum absolute atomic E-state index is 6.09. The molecule has 3 aromatic carbocycles. The lowest BCUT2D eigenvalue weighted by Crippen LogP contribution is -2.40. The van der Waals surface area contributed by atoms with Gasteiger partial charge in [0.2, 0.25) is 0 Å². The van der Waals surface area contributed by atoms with E-state index in [2.05, 4.69) is 30.0 Å². The Hall–Kier alpha value is -2.88. The average Bonchev–Trinajstić information content (AvgIpc) is 2.61. The molecule has 0 amide bonds. The molecule has 3 aromatic rings. The molecule has 4 nitrogen and oxygen atoms in total. The van der Waals surface area contributed by atoms with Crippen molar-refractivity contribution in [2.45, 2.75) is 13.0 Å². The Morgan fingerprint density at radius 3 is 2.88 bits per heavy atom. The molecule has 1 unspecified atom stereocenters. The zero-order chi connectivity index (χ0) is 17.2. The van der Waals surface area contributed by atoms with Crippen molar-refractivity contribution in [3.05, 3.63) is 60.7 Å². The molecule has 0 bridgehead atoms. The lowest BCUT2D eigenvalue weighted by molar-refractivity contribution is 0.208. The summed E-state index contributed by atoms with van der Waals surface area (Å²) in [7, 11) is 0. The first-order valence-corrected chi connectivity index (χ1v) is 8.62. The topological polar surface area (TPSA) is 47.7 Å². The molecule has 1 aliphatic rings. The normalized spacial score (nSPS) is 16.4. The molecule has 2 N–H and O–H groups in total. The third kappa shape index (κ3) is 3.20. The third-order valence-electron chi connectivity index (χ3n) is 4.50. The van der Waals surface area contributed by atoms with Crippen LogP contribution in [0, 0.1) is 0 Å². The van der Waals surface area contributed by atoms with E-state index in [1.807, 2.05) is 42.5 Å².